The molecule has 1 fully saturated rings. The Morgan fingerprint density at radius 1 is 1.41 bits per heavy atom. The van der Waals surface area contributed by atoms with Gasteiger partial charge in [-0.2, -0.15) is 0 Å². The number of hydrogen-bond donors (Lipinski definition) is 2. The summed E-state index contributed by atoms with van der Waals surface area (Å²) in [5, 5.41) is 12.4. The molecule has 0 aromatic rings. The van der Waals surface area contributed by atoms with E-state index in [-0.39, 0.29) is 12.6 Å². The predicted molar refractivity (Wildman–Crippen MR) is 73.6 cm³/mol. The van der Waals surface area contributed by atoms with Crippen LogP contribution >= 0.6 is 0 Å². The SMILES string of the molecule is CCCNC(CCO)CS(=O)CC1CCCC1. The van der Waals surface area contributed by atoms with Crippen LogP contribution in [0.4, 0.5) is 0 Å². The summed E-state index contributed by atoms with van der Waals surface area (Å²) in [6, 6.07) is 0.224. The molecule has 3 nitrogen and oxygen atoms in total. The highest BCUT2D eigenvalue weighted by molar-refractivity contribution is 7.85. The van der Waals surface area contributed by atoms with Crippen LogP contribution in [0.15, 0.2) is 0 Å². The minimum absolute atomic E-state index is 0.183. The number of aliphatic hydroxyl groups is 1. The van der Waals surface area contributed by atoms with E-state index in [9.17, 15) is 4.21 Å². The maximum Gasteiger partial charge on any atom is 0.0446 e. The van der Waals surface area contributed by atoms with E-state index in [4.69, 9.17) is 5.11 Å². The maximum atomic E-state index is 12.0. The molecule has 0 saturated heterocycles. The third-order valence-corrected chi connectivity index (χ3v) is 5.06. The molecule has 0 aromatic carbocycles. The molecular formula is C13H27NO2S. The first-order valence-electron chi connectivity index (χ1n) is 6.95. The summed E-state index contributed by atoms with van der Waals surface area (Å²) in [7, 11) is -0.718. The van der Waals surface area contributed by atoms with Crippen LogP contribution in [-0.2, 0) is 10.8 Å². The Morgan fingerprint density at radius 2 is 2.12 bits per heavy atom. The number of rotatable bonds is 9. The molecule has 0 aliphatic heterocycles. The summed E-state index contributed by atoms with van der Waals surface area (Å²) < 4.78 is 12.0. The zero-order valence-electron chi connectivity index (χ0n) is 11.0. The Hall–Kier alpha value is 0.0700. The van der Waals surface area contributed by atoms with E-state index < -0.39 is 10.8 Å². The fourth-order valence-electron chi connectivity index (χ4n) is 2.48. The van der Waals surface area contributed by atoms with Gasteiger partial charge in [-0.15, -0.1) is 0 Å². The summed E-state index contributed by atoms with van der Waals surface area (Å²) in [6.45, 7) is 3.26. The summed E-state index contributed by atoms with van der Waals surface area (Å²) >= 11 is 0. The van der Waals surface area contributed by atoms with Gasteiger partial charge in [0.25, 0.3) is 0 Å². The molecule has 2 unspecified atom stereocenters. The van der Waals surface area contributed by atoms with Crippen LogP contribution in [0.5, 0.6) is 0 Å². The van der Waals surface area contributed by atoms with Crippen LogP contribution in [0, 0.1) is 5.92 Å². The molecule has 0 aromatic heterocycles. The lowest BCUT2D eigenvalue weighted by molar-refractivity contribution is 0.270. The smallest absolute Gasteiger partial charge is 0.0446 e. The number of aliphatic hydroxyl groups excluding tert-OH is 1. The second kappa shape index (κ2) is 9.06. The van der Waals surface area contributed by atoms with Gasteiger partial charge < -0.3 is 10.4 Å². The maximum absolute atomic E-state index is 12.0. The molecule has 0 radical (unpaired) electrons. The highest BCUT2D eigenvalue weighted by atomic mass is 32.2. The third-order valence-electron chi connectivity index (χ3n) is 3.44. The van der Waals surface area contributed by atoms with E-state index in [0.29, 0.717) is 11.7 Å². The Labute approximate surface area is 108 Å². The van der Waals surface area contributed by atoms with Gasteiger partial charge in [-0.3, -0.25) is 4.21 Å². The van der Waals surface area contributed by atoms with Crippen molar-refractivity contribution in [2.45, 2.75) is 51.5 Å². The van der Waals surface area contributed by atoms with Crippen LogP contribution in [0.2, 0.25) is 0 Å². The van der Waals surface area contributed by atoms with Crippen molar-refractivity contribution in [2.24, 2.45) is 5.92 Å². The molecule has 1 aliphatic carbocycles. The minimum Gasteiger partial charge on any atom is -0.396 e. The predicted octanol–water partition coefficient (Wildman–Crippen LogP) is 1.68. The van der Waals surface area contributed by atoms with Crippen molar-refractivity contribution >= 4 is 10.8 Å². The molecular weight excluding hydrogens is 234 g/mol. The normalized spacial score (nSPS) is 20.6. The van der Waals surface area contributed by atoms with E-state index in [2.05, 4.69) is 12.2 Å². The van der Waals surface area contributed by atoms with Crippen LogP contribution in [-0.4, -0.2) is 40.0 Å². The van der Waals surface area contributed by atoms with E-state index >= 15 is 0 Å². The fourth-order valence-corrected chi connectivity index (χ4v) is 4.21. The lowest BCUT2D eigenvalue weighted by atomic mass is 10.1. The minimum atomic E-state index is -0.718. The molecule has 1 saturated carbocycles. The second-order valence-electron chi connectivity index (χ2n) is 5.09. The molecule has 0 heterocycles. The van der Waals surface area contributed by atoms with Crippen LogP contribution in [0.3, 0.4) is 0 Å². The van der Waals surface area contributed by atoms with Crippen molar-refractivity contribution in [1.82, 2.24) is 5.32 Å². The standard InChI is InChI=1S/C13H27NO2S/c1-2-8-14-13(7-9-15)11-17(16)10-12-5-3-4-6-12/h12-15H,2-11H2,1H3. The van der Waals surface area contributed by atoms with Crippen molar-refractivity contribution in [3.63, 3.8) is 0 Å². The molecule has 0 spiro atoms. The number of nitrogens with one attached hydrogen (secondary N) is 1. The number of hydrogen-bond acceptors (Lipinski definition) is 3. The average Bonchev–Trinajstić information content (AvgIpc) is 2.78. The Bertz CT molecular complexity index is 217. The lowest BCUT2D eigenvalue weighted by Gasteiger charge is -2.18. The van der Waals surface area contributed by atoms with E-state index in [0.717, 1.165) is 25.1 Å². The lowest BCUT2D eigenvalue weighted by Crippen LogP contribution is -2.36. The summed E-state index contributed by atoms with van der Waals surface area (Å²) in [5.74, 6) is 2.27. The summed E-state index contributed by atoms with van der Waals surface area (Å²) in [4.78, 5) is 0. The van der Waals surface area contributed by atoms with Crippen molar-refractivity contribution in [3.05, 3.63) is 0 Å². The Morgan fingerprint density at radius 3 is 2.71 bits per heavy atom. The molecule has 17 heavy (non-hydrogen) atoms. The van der Waals surface area contributed by atoms with E-state index in [1.807, 2.05) is 0 Å². The van der Waals surface area contributed by atoms with Crippen LogP contribution in [0.1, 0.15) is 45.4 Å². The second-order valence-corrected chi connectivity index (χ2v) is 6.63. The van der Waals surface area contributed by atoms with Gasteiger partial charge in [-0.1, -0.05) is 19.8 Å². The monoisotopic (exact) mass is 261 g/mol. The van der Waals surface area contributed by atoms with Crippen LogP contribution < -0.4 is 5.32 Å². The van der Waals surface area contributed by atoms with Gasteiger partial charge in [0.2, 0.25) is 0 Å². The molecule has 2 N–H and O–H groups in total. The van der Waals surface area contributed by atoms with E-state index in [1.54, 1.807) is 0 Å². The Kier molecular flexibility index (Phi) is 8.06. The topological polar surface area (TPSA) is 49.3 Å². The zero-order chi connectivity index (χ0) is 12.5. The quantitative estimate of drug-likeness (QED) is 0.664. The molecule has 1 rings (SSSR count). The van der Waals surface area contributed by atoms with Gasteiger partial charge in [0, 0.05) is 35.0 Å². The van der Waals surface area contributed by atoms with Crippen molar-refractivity contribution < 1.29 is 9.32 Å². The van der Waals surface area contributed by atoms with Crippen molar-refractivity contribution in [1.29, 1.82) is 0 Å². The molecule has 4 heteroatoms. The molecule has 0 amide bonds. The molecule has 0 bridgehead atoms. The first kappa shape index (κ1) is 15.1. The van der Waals surface area contributed by atoms with E-state index in [1.165, 1.54) is 25.7 Å². The molecule has 102 valence electrons. The van der Waals surface area contributed by atoms with Gasteiger partial charge in [-0.05, 0) is 38.1 Å². The largest absolute Gasteiger partial charge is 0.396 e. The van der Waals surface area contributed by atoms with Gasteiger partial charge >= 0.3 is 0 Å². The van der Waals surface area contributed by atoms with Gasteiger partial charge in [0.05, 0.1) is 0 Å². The summed E-state index contributed by atoms with van der Waals surface area (Å²) in [5.41, 5.74) is 0. The van der Waals surface area contributed by atoms with Gasteiger partial charge in [0.1, 0.15) is 0 Å². The summed E-state index contributed by atoms with van der Waals surface area (Å²) in [6.07, 6.45) is 6.96. The van der Waals surface area contributed by atoms with Crippen molar-refractivity contribution in [3.8, 4) is 0 Å². The van der Waals surface area contributed by atoms with Gasteiger partial charge in [0.15, 0.2) is 0 Å². The highest BCUT2D eigenvalue weighted by Gasteiger charge is 2.19. The highest BCUT2D eigenvalue weighted by Crippen LogP contribution is 2.25. The average molecular weight is 261 g/mol. The van der Waals surface area contributed by atoms with Gasteiger partial charge in [-0.25, -0.2) is 0 Å². The third kappa shape index (κ3) is 6.53. The zero-order valence-corrected chi connectivity index (χ0v) is 11.8. The fraction of sp³-hybridized carbons (Fsp3) is 1.00. The Balaban J connectivity index is 2.23. The van der Waals surface area contributed by atoms with Crippen molar-refractivity contribution in [2.75, 3.05) is 24.7 Å². The molecule has 2 atom stereocenters. The molecule has 1 aliphatic rings. The van der Waals surface area contributed by atoms with Crippen LogP contribution in [0.25, 0.3) is 0 Å². The first-order valence-corrected chi connectivity index (χ1v) is 8.44. The first-order chi connectivity index (χ1) is 8.26.